The second kappa shape index (κ2) is 4.22. The number of aryl methyl sites for hydroxylation is 2. The summed E-state index contributed by atoms with van der Waals surface area (Å²) in [6.07, 6.45) is 0.513. The second-order valence-corrected chi connectivity index (χ2v) is 5.74. The van der Waals surface area contributed by atoms with Crippen LogP contribution in [-0.4, -0.2) is 19.7 Å². The predicted octanol–water partition coefficient (Wildman–Crippen LogP) is 2.35. The molecule has 19 heavy (non-hydrogen) atoms. The van der Waals surface area contributed by atoms with E-state index in [4.69, 9.17) is 0 Å². The van der Waals surface area contributed by atoms with Gasteiger partial charge in [-0.25, -0.2) is 0 Å². The Bertz CT molecular complexity index is 647. The number of hydrogen-bond acceptors (Lipinski definition) is 4. The minimum absolute atomic E-state index is 0.0709. The van der Waals surface area contributed by atoms with Gasteiger partial charge in [0.1, 0.15) is 0 Å². The molecule has 0 aliphatic heterocycles. The van der Waals surface area contributed by atoms with Crippen LogP contribution in [0, 0.1) is 6.92 Å². The first kappa shape index (κ1) is 13.9. The first-order valence-electron chi connectivity index (χ1n) is 5.29. The number of halogens is 3. The fourth-order valence-electron chi connectivity index (χ4n) is 1.94. The molecule has 1 aliphatic rings. The summed E-state index contributed by atoms with van der Waals surface area (Å²) in [6.45, 7) is 1.58. The monoisotopic (exact) mass is 294 g/mol. The molecule has 0 fully saturated rings. The van der Waals surface area contributed by atoms with E-state index in [1.165, 1.54) is 0 Å². The molecule has 0 spiro atoms. The molecule has 1 aromatic rings. The number of benzene rings is 1. The molecular weight excluding hydrogens is 285 g/mol. The van der Waals surface area contributed by atoms with Crippen molar-refractivity contribution in [2.75, 3.05) is 0 Å². The van der Waals surface area contributed by atoms with E-state index in [0.29, 0.717) is 17.5 Å². The largest absolute Gasteiger partial charge is 0.534 e. The summed E-state index contributed by atoms with van der Waals surface area (Å²) in [6, 6.07) is 2.75. The molecule has 1 aromatic carbocycles. The average Bonchev–Trinajstić information content (AvgIpc) is 2.57. The Morgan fingerprint density at radius 2 is 1.84 bits per heavy atom. The molecule has 0 unspecified atom stereocenters. The van der Waals surface area contributed by atoms with Crippen LogP contribution >= 0.6 is 0 Å². The molecule has 4 nitrogen and oxygen atoms in total. The summed E-state index contributed by atoms with van der Waals surface area (Å²) in [4.78, 5) is 11.6. The van der Waals surface area contributed by atoms with Gasteiger partial charge in [-0.3, -0.25) is 4.79 Å². The van der Waals surface area contributed by atoms with Gasteiger partial charge in [0.25, 0.3) is 0 Å². The normalized spacial score (nSPS) is 15.5. The Hall–Kier alpha value is -1.57. The van der Waals surface area contributed by atoms with E-state index < -0.39 is 27.2 Å². The Balaban J connectivity index is 2.51. The van der Waals surface area contributed by atoms with Crippen LogP contribution in [0.1, 0.15) is 27.9 Å². The zero-order chi connectivity index (χ0) is 14.4. The van der Waals surface area contributed by atoms with E-state index >= 15 is 0 Å². The van der Waals surface area contributed by atoms with Crippen molar-refractivity contribution < 1.29 is 30.6 Å². The predicted molar refractivity (Wildman–Crippen MR) is 59.4 cm³/mol. The third kappa shape index (κ3) is 2.44. The molecule has 0 aromatic heterocycles. The fraction of sp³-hybridized carbons (Fsp3) is 0.364. The van der Waals surface area contributed by atoms with Gasteiger partial charge in [-0.2, -0.15) is 21.6 Å². The van der Waals surface area contributed by atoms with E-state index in [-0.39, 0.29) is 12.0 Å². The van der Waals surface area contributed by atoms with E-state index in [1.807, 2.05) is 0 Å². The van der Waals surface area contributed by atoms with Crippen LogP contribution in [0.5, 0.6) is 5.75 Å². The zero-order valence-electron chi connectivity index (χ0n) is 9.74. The van der Waals surface area contributed by atoms with Crippen molar-refractivity contribution >= 4 is 15.9 Å². The fourth-order valence-corrected chi connectivity index (χ4v) is 2.41. The SMILES string of the molecule is Cc1cc2c(c(OS(=O)(=O)C(F)(F)F)c1)C(=O)CC2. The van der Waals surface area contributed by atoms with Crippen molar-refractivity contribution in [1.29, 1.82) is 0 Å². The summed E-state index contributed by atoms with van der Waals surface area (Å²) in [7, 11) is -5.76. The summed E-state index contributed by atoms with van der Waals surface area (Å²) in [5.74, 6) is -0.961. The summed E-state index contributed by atoms with van der Waals surface area (Å²) >= 11 is 0. The number of carbonyl (C=O) groups excluding carboxylic acids is 1. The summed E-state index contributed by atoms with van der Waals surface area (Å²) in [5, 5.41) is 0. The summed E-state index contributed by atoms with van der Waals surface area (Å²) in [5.41, 5.74) is -4.55. The highest BCUT2D eigenvalue weighted by atomic mass is 32.2. The van der Waals surface area contributed by atoms with Crippen molar-refractivity contribution in [3.8, 4) is 5.75 Å². The van der Waals surface area contributed by atoms with Gasteiger partial charge in [0, 0.05) is 6.42 Å². The van der Waals surface area contributed by atoms with Crippen LogP contribution in [0.2, 0.25) is 0 Å². The molecule has 1 aliphatic carbocycles. The molecule has 0 radical (unpaired) electrons. The van der Waals surface area contributed by atoms with Crippen LogP contribution in [0.3, 0.4) is 0 Å². The molecule has 0 amide bonds. The minimum atomic E-state index is -5.76. The molecule has 0 heterocycles. The van der Waals surface area contributed by atoms with Crippen LogP contribution in [-0.2, 0) is 16.5 Å². The van der Waals surface area contributed by atoms with Crippen molar-refractivity contribution in [2.45, 2.75) is 25.3 Å². The third-order valence-electron chi connectivity index (χ3n) is 2.71. The van der Waals surface area contributed by atoms with Crippen LogP contribution < -0.4 is 4.18 Å². The van der Waals surface area contributed by atoms with Crippen LogP contribution in [0.25, 0.3) is 0 Å². The number of hydrogen-bond donors (Lipinski definition) is 0. The first-order valence-corrected chi connectivity index (χ1v) is 6.70. The maximum Gasteiger partial charge on any atom is 0.534 e. The Morgan fingerprint density at radius 3 is 2.42 bits per heavy atom. The molecule has 8 heteroatoms. The number of ketones is 1. The Labute approximate surface area is 107 Å². The van der Waals surface area contributed by atoms with Crippen LogP contribution in [0.4, 0.5) is 13.2 Å². The van der Waals surface area contributed by atoms with Gasteiger partial charge in [0.05, 0.1) is 5.56 Å². The van der Waals surface area contributed by atoms with Gasteiger partial charge >= 0.3 is 15.6 Å². The van der Waals surface area contributed by atoms with Gasteiger partial charge < -0.3 is 4.18 Å². The lowest BCUT2D eigenvalue weighted by atomic mass is 10.1. The van der Waals surface area contributed by atoms with Gasteiger partial charge in [-0.05, 0) is 30.5 Å². The lowest BCUT2D eigenvalue weighted by Gasteiger charge is -2.12. The second-order valence-electron chi connectivity index (χ2n) is 4.20. The zero-order valence-corrected chi connectivity index (χ0v) is 10.6. The average molecular weight is 294 g/mol. The molecule has 0 atom stereocenters. The van der Waals surface area contributed by atoms with E-state index in [9.17, 15) is 26.4 Å². The number of fused-ring (bicyclic) bond motifs is 1. The van der Waals surface area contributed by atoms with Crippen molar-refractivity contribution in [3.63, 3.8) is 0 Å². The van der Waals surface area contributed by atoms with Crippen molar-refractivity contribution in [3.05, 3.63) is 28.8 Å². The van der Waals surface area contributed by atoms with Gasteiger partial charge in [0.2, 0.25) is 0 Å². The Kier molecular flexibility index (Phi) is 3.08. The van der Waals surface area contributed by atoms with E-state index in [1.54, 1.807) is 13.0 Å². The quantitative estimate of drug-likeness (QED) is 0.620. The Morgan fingerprint density at radius 1 is 1.21 bits per heavy atom. The molecule has 0 bridgehead atoms. The van der Waals surface area contributed by atoms with Gasteiger partial charge in [-0.15, -0.1) is 0 Å². The maximum absolute atomic E-state index is 12.3. The molecular formula is C11H9F3O4S. The highest BCUT2D eigenvalue weighted by molar-refractivity contribution is 7.88. The molecule has 104 valence electrons. The maximum atomic E-state index is 12.3. The standard InChI is InChI=1S/C11H9F3O4S/c1-6-4-7-2-3-8(15)10(7)9(5-6)18-19(16,17)11(12,13)14/h4-5H,2-3H2,1H3. The summed E-state index contributed by atoms with van der Waals surface area (Å²) < 4.78 is 62.9. The van der Waals surface area contributed by atoms with Gasteiger partial charge in [-0.1, -0.05) is 6.07 Å². The third-order valence-corrected chi connectivity index (χ3v) is 3.68. The van der Waals surface area contributed by atoms with Crippen molar-refractivity contribution in [2.24, 2.45) is 0 Å². The van der Waals surface area contributed by atoms with E-state index in [2.05, 4.69) is 4.18 Å². The van der Waals surface area contributed by atoms with E-state index in [0.717, 1.165) is 6.07 Å². The smallest absolute Gasteiger partial charge is 0.375 e. The molecule has 0 saturated carbocycles. The minimum Gasteiger partial charge on any atom is -0.375 e. The number of Topliss-reactive ketones (excluding diaryl/α,β-unsaturated/α-hetero) is 1. The van der Waals surface area contributed by atoms with Crippen molar-refractivity contribution in [1.82, 2.24) is 0 Å². The molecule has 2 rings (SSSR count). The highest BCUT2D eigenvalue weighted by Crippen LogP contribution is 2.35. The first-order chi connectivity index (χ1) is 8.62. The molecule has 0 saturated heterocycles. The molecule has 0 N–H and O–H groups in total. The number of rotatable bonds is 2. The van der Waals surface area contributed by atoms with Gasteiger partial charge in [0.15, 0.2) is 11.5 Å². The number of carbonyl (C=O) groups is 1. The van der Waals surface area contributed by atoms with Crippen LogP contribution in [0.15, 0.2) is 12.1 Å². The lowest BCUT2D eigenvalue weighted by molar-refractivity contribution is -0.0500. The lowest BCUT2D eigenvalue weighted by Crippen LogP contribution is -2.28. The topological polar surface area (TPSA) is 60.4 Å². The highest BCUT2D eigenvalue weighted by Gasteiger charge is 2.49. The number of alkyl halides is 3.